The highest BCUT2D eigenvalue weighted by atomic mass is 35.5. The monoisotopic (exact) mass is 415 g/mol. The van der Waals surface area contributed by atoms with Gasteiger partial charge in [0.15, 0.2) is 5.69 Å². The van der Waals surface area contributed by atoms with Crippen LogP contribution in [-0.4, -0.2) is 34.5 Å². The maximum absolute atomic E-state index is 12.7. The molecule has 0 radical (unpaired) electrons. The van der Waals surface area contributed by atoms with E-state index < -0.39 is 5.97 Å². The van der Waals surface area contributed by atoms with Gasteiger partial charge in [0.25, 0.3) is 0 Å². The van der Waals surface area contributed by atoms with Crippen molar-refractivity contribution in [2.24, 2.45) is 0 Å². The molecule has 1 N–H and O–H groups in total. The third kappa shape index (κ3) is 5.09. The third-order valence-corrected chi connectivity index (χ3v) is 5.07. The molecule has 0 unspecified atom stereocenters. The number of urea groups is 1. The van der Waals surface area contributed by atoms with Gasteiger partial charge in [-0.1, -0.05) is 29.3 Å². The average molecular weight is 416 g/mol. The van der Waals surface area contributed by atoms with Crippen molar-refractivity contribution in [2.75, 3.05) is 11.9 Å². The maximum Gasteiger partial charge on any atom is 0.357 e. The van der Waals surface area contributed by atoms with E-state index in [2.05, 4.69) is 10.3 Å². The molecular formula is C17H19Cl2N3O3S. The number of rotatable bonds is 6. The van der Waals surface area contributed by atoms with Crippen molar-refractivity contribution in [1.29, 1.82) is 0 Å². The van der Waals surface area contributed by atoms with E-state index in [1.807, 2.05) is 13.8 Å². The molecule has 2 amide bonds. The second-order valence-corrected chi connectivity index (χ2v) is 7.33. The van der Waals surface area contributed by atoms with Crippen molar-refractivity contribution in [3.63, 3.8) is 0 Å². The molecule has 1 aromatic heterocycles. The Morgan fingerprint density at radius 1 is 1.35 bits per heavy atom. The average Bonchev–Trinajstić information content (AvgIpc) is 3.05. The number of halogens is 2. The number of hydrogen-bond donors (Lipinski definition) is 1. The quantitative estimate of drug-likeness (QED) is 0.668. The molecule has 2 rings (SSSR count). The first kappa shape index (κ1) is 20.5. The highest BCUT2D eigenvalue weighted by Crippen LogP contribution is 2.30. The first-order valence-corrected chi connectivity index (χ1v) is 9.60. The SMILES string of the molecule is CCOC(=O)c1csc(CN(C(=O)Nc2cccc(Cl)c2Cl)C(C)C)n1. The Kier molecular flexibility index (Phi) is 7.25. The molecule has 0 atom stereocenters. The molecule has 6 nitrogen and oxygen atoms in total. The molecule has 0 saturated heterocycles. The van der Waals surface area contributed by atoms with Crippen LogP contribution in [0.1, 0.15) is 36.3 Å². The predicted octanol–water partition coefficient (Wildman–Crippen LogP) is 5.07. The van der Waals surface area contributed by atoms with Crippen LogP contribution in [0.4, 0.5) is 10.5 Å². The summed E-state index contributed by atoms with van der Waals surface area (Å²) in [5, 5.41) is 5.66. The van der Waals surface area contributed by atoms with Gasteiger partial charge in [0.2, 0.25) is 0 Å². The number of hydrogen-bond acceptors (Lipinski definition) is 5. The lowest BCUT2D eigenvalue weighted by Gasteiger charge is -2.26. The Labute approximate surface area is 166 Å². The predicted molar refractivity (Wildman–Crippen MR) is 104 cm³/mol. The zero-order valence-corrected chi connectivity index (χ0v) is 16.9. The van der Waals surface area contributed by atoms with E-state index in [9.17, 15) is 9.59 Å². The number of ether oxygens (including phenoxy) is 1. The van der Waals surface area contributed by atoms with Crippen molar-refractivity contribution in [3.8, 4) is 0 Å². The lowest BCUT2D eigenvalue weighted by Crippen LogP contribution is -2.39. The fourth-order valence-electron chi connectivity index (χ4n) is 2.10. The van der Waals surface area contributed by atoms with Gasteiger partial charge in [-0.3, -0.25) is 0 Å². The standard InChI is InChI=1S/C17H19Cl2N3O3S/c1-4-25-16(23)13-9-26-14(20-13)8-22(10(2)3)17(24)21-12-7-5-6-11(18)15(12)19/h5-7,9-10H,4,8H2,1-3H3,(H,21,24). The largest absolute Gasteiger partial charge is 0.461 e. The summed E-state index contributed by atoms with van der Waals surface area (Å²) in [6, 6.07) is 4.59. The maximum atomic E-state index is 12.7. The van der Waals surface area contributed by atoms with Crippen LogP contribution in [0, 0.1) is 0 Å². The van der Waals surface area contributed by atoms with Gasteiger partial charge in [-0.05, 0) is 32.9 Å². The van der Waals surface area contributed by atoms with E-state index in [4.69, 9.17) is 27.9 Å². The highest BCUT2D eigenvalue weighted by Gasteiger charge is 2.21. The van der Waals surface area contributed by atoms with E-state index in [-0.39, 0.29) is 35.9 Å². The minimum Gasteiger partial charge on any atom is -0.461 e. The van der Waals surface area contributed by atoms with Gasteiger partial charge in [-0.2, -0.15) is 0 Å². The molecule has 1 heterocycles. The van der Waals surface area contributed by atoms with Crippen LogP contribution in [0.2, 0.25) is 10.0 Å². The van der Waals surface area contributed by atoms with E-state index in [0.717, 1.165) is 0 Å². The van der Waals surface area contributed by atoms with Crippen LogP contribution >= 0.6 is 34.5 Å². The van der Waals surface area contributed by atoms with Crippen molar-refractivity contribution in [1.82, 2.24) is 9.88 Å². The molecule has 0 spiro atoms. The van der Waals surface area contributed by atoms with Crippen molar-refractivity contribution >= 4 is 52.2 Å². The van der Waals surface area contributed by atoms with E-state index in [1.54, 1.807) is 35.4 Å². The van der Waals surface area contributed by atoms with Gasteiger partial charge in [0, 0.05) is 11.4 Å². The summed E-state index contributed by atoms with van der Waals surface area (Å²) >= 11 is 13.4. The summed E-state index contributed by atoms with van der Waals surface area (Å²) in [5.74, 6) is -0.471. The first-order valence-electron chi connectivity index (χ1n) is 7.96. The number of anilines is 1. The molecule has 0 aliphatic heterocycles. The number of nitrogens with one attached hydrogen (secondary N) is 1. The minimum absolute atomic E-state index is 0.0945. The highest BCUT2D eigenvalue weighted by molar-refractivity contribution is 7.09. The third-order valence-electron chi connectivity index (χ3n) is 3.42. The minimum atomic E-state index is -0.471. The summed E-state index contributed by atoms with van der Waals surface area (Å²) in [5.41, 5.74) is 0.676. The summed E-state index contributed by atoms with van der Waals surface area (Å²) < 4.78 is 4.93. The summed E-state index contributed by atoms with van der Waals surface area (Å²) in [6.45, 7) is 6.05. The molecule has 0 fully saturated rings. The van der Waals surface area contributed by atoms with Gasteiger partial charge in [0.05, 0.1) is 28.9 Å². The zero-order valence-electron chi connectivity index (χ0n) is 14.6. The molecule has 0 saturated carbocycles. The van der Waals surface area contributed by atoms with E-state index >= 15 is 0 Å². The van der Waals surface area contributed by atoms with Crippen molar-refractivity contribution in [2.45, 2.75) is 33.4 Å². The molecule has 26 heavy (non-hydrogen) atoms. The molecule has 0 bridgehead atoms. The second-order valence-electron chi connectivity index (χ2n) is 5.60. The van der Waals surface area contributed by atoms with Crippen molar-refractivity contribution < 1.29 is 14.3 Å². The van der Waals surface area contributed by atoms with Crippen LogP contribution in [0.5, 0.6) is 0 Å². The number of nitrogens with zero attached hydrogens (tertiary/aromatic N) is 2. The van der Waals surface area contributed by atoms with E-state index in [0.29, 0.717) is 15.7 Å². The molecule has 2 aromatic rings. The number of carbonyl (C=O) groups is 2. The lowest BCUT2D eigenvalue weighted by molar-refractivity contribution is 0.0520. The topological polar surface area (TPSA) is 71.5 Å². The Bertz CT molecular complexity index is 795. The lowest BCUT2D eigenvalue weighted by atomic mass is 10.3. The molecule has 1 aromatic carbocycles. The number of amides is 2. The van der Waals surface area contributed by atoms with Gasteiger partial charge < -0.3 is 15.0 Å². The van der Waals surface area contributed by atoms with E-state index in [1.165, 1.54) is 11.3 Å². The fourth-order valence-corrected chi connectivity index (χ4v) is 3.21. The molecule has 0 aliphatic carbocycles. The summed E-state index contributed by atoms with van der Waals surface area (Å²) in [7, 11) is 0. The van der Waals surface area contributed by atoms with Gasteiger partial charge in [-0.15, -0.1) is 11.3 Å². The van der Waals surface area contributed by atoms with Crippen molar-refractivity contribution in [3.05, 3.63) is 44.3 Å². The first-order chi connectivity index (χ1) is 12.3. The molecule has 0 aliphatic rings. The molecule has 140 valence electrons. The van der Waals surface area contributed by atoms with Crippen LogP contribution in [0.15, 0.2) is 23.6 Å². The van der Waals surface area contributed by atoms with Crippen LogP contribution in [0.3, 0.4) is 0 Å². The normalized spacial score (nSPS) is 10.7. The van der Waals surface area contributed by atoms with Crippen LogP contribution in [-0.2, 0) is 11.3 Å². The zero-order chi connectivity index (χ0) is 19.3. The van der Waals surface area contributed by atoms with Gasteiger partial charge >= 0.3 is 12.0 Å². The smallest absolute Gasteiger partial charge is 0.357 e. The number of benzene rings is 1. The number of carbonyl (C=O) groups excluding carboxylic acids is 2. The molecule has 9 heteroatoms. The Morgan fingerprint density at radius 2 is 2.08 bits per heavy atom. The molecular weight excluding hydrogens is 397 g/mol. The fraction of sp³-hybridized carbons (Fsp3) is 0.353. The summed E-state index contributed by atoms with van der Waals surface area (Å²) in [4.78, 5) is 30.2. The number of aromatic nitrogens is 1. The Morgan fingerprint density at radius 3 is 2.73 bits per heavy atom. The van der Waals surface area contributed by atoms with Crippen LogP contribution in [0.25, 0.3) is 0 Å². The second kappa shape index (κ2) is 9.21. The number of esters is 1. The summed E-state index contributed by atoms with van der Waals surface area (Å²) in [6.07, 6.45) is 0. The van der Waals surface area contributed by atoms with Crippen LogP contribution < -0.4 is 5.32 Å². The van der Waals surface area contributed by atoms with Gasteiger partial charge in [0.1, 0.15) is 5.01 Å². The Balaban J connectivity index is 2.12. The Hall–Kier alpha value is -1.83. The number of thiazole rings is 1. The van der Waals surface area contributed by atoms with Gasteiger partial charge in [-0.25, -0.2) is 14.6 Å².